The molecule has 0 aromatic heterocycles. The summed E-state index contributed by atoms with van der Waals surface area (Å²) >= 11 is 6.39. The molecular formula is C36H28ClNO5. The number of carbonyl (C=O) groups excluding carboxylic acids is 3. The number of Topliss-reactive ketones (excluding diaryl/α,β-unsaturated/α-hetero) is 3. The van der Waals surface area contributed by atoms with Gasteiger partial charge in [-0.25, -0.2) is 0 Å². The Morgan fingerprint density at radius 1 is 0.860 bits per heavy atom. The van der Waals surface area contributed by atoms with Crippen molar-refractivity contribution >= 4 is 40.7 Å². The van der Waals surface area contributed by atoms with Gasteiger partial charge in [0.2, 0.25) is 0 Å². The number of methoxy groups -OCH3 is 2. The molecule has 4 aromatic carbocycles. The molecule has 2 heterocycles. The minimum Gasteiger partial charge on any atom is -0.497 e. The van der Waals surface area contributed by atoms with Crippen LogP contribution in [0.15, 0.2) is 91.0 Å². The first-order chi connectivity index (χ1) is 20.8. The average Bonchev–Trinajstić information content (AvgIpc) is 3.46. The van der Waals surface area contributed by atoms with Crippen LogP contribution in [0.4, 0.5) is 5.69 Å². The Balaban J connectivity index is 1.57. The molecule has 6 nitrogen and oxygen atoms in total. The van der Waals surface area contributed by atoms with E-state index in [1.807, 2.05) is 54.3 Å². The second kappa shape index (κ2) is 9.96. The fraction of sp³-hybridized carbons (Fsp3) is 0.194. The predicted octanol–water partition coefficient (Wildman–Crippen LogP) is 6.98. The van der Waals surface area contributed by atoms with Crippen molar-refractivity contribution < 1.29 is 23.9 Å². The lowest BCUT2D eigenvalue weighted by Gasteiger charge is -2.37. The maximum Gasteiger partial charge on any atom is 0.185 e. The van der Waals surface area contributed by atoms with E-state index in [9.17, 15) is 14.4 Å². The minimum absolute atomic E-state index is 0.197. The van der Waals surface area contributed by atoms with Crippen molar-refractivity contribution in [3.63, 3.8) is 0 Å². The second-order valence-corrected chi connectivity index (χ2v) is 11.7. The van der Waals surface area contributed by atoms with Crippen LogP contribution in [0.1, 0.15) is 53.7 Å². The first kappa shape index (κ1) is 27.2. The van der Waals surface area contributed by atoms with Gasteiger partial charge in [-0.05, 0) is 36.8 Å². The fourth-order valence-electron chi connectivity index (χ4n) is 7.26. The molecule has 43 heavy (non-hydrogen) atoms. The van der Waals surface area contributed by atoms with Gasteiger partial charge in [0.1, 0.15) is 23.0 Å². The molecular weight excluding hydrogens is 562 g/mol. The number of hydrogen-bond acceptors (Lipinski definition) is 6. The molecule has 0 radical (unpaired) electrons. The average molecular weight is 590 g/mol. The molecule has 7 heteroatoms. The van der Waals surface area contributed by atoms with E-state index in [0.29, 0.717) is 38.8 Å². The van der Waals surface area contributed by atoms with Gasteiger partial charge in [0.05, 0.1) is 20.3 Å². The number of halogens is 1. The topological polar surface area (TPSA) is 72.9 Å². The number of ether oxygens (including phenoxy) is 2. The number of anilines is 1. The number of nitrogens with zero attached hydrogens (tertiary/aromatic N) is 1. The van der Waals surface area contributed by atoms with E-state index in [-0.39, 0.29) is 17.3 Å². The fourth-order valence-corrected chi connectivity index (χ4v) is 7.44. The summed E-state index contributed by atoms with van der Waals surface area (Å²) in [6.07, 6.45) is 3.78. The van der Waals surface area contributed by atoms with Gasteiger partial charge in [0.15, 0.2) is 17.3 Å². The zero-order chi connectivity index (χ0) is 30.0. The van der Waals surface area contributed by atoms with Gasteiger partial charge in [-0.15, -0.1) is 0 Å². The molecule has 0 bridgehead atoms. The lowest BCUT2D eigenvalue weighted by Crippen LogP contribution is -2.48. The summed E-state index contributed by atoms with van der Waals surface area (Å²) in [5.74, 6) is -0.705. The van der Waals surface area contributed by atoms with Crippen LogP contribution in [0.5, 0.6) is 11.5 Å². The van der Waals surface area contributed by atoms with Crippen molar-refractivity contribution in [2.45, 2.75) is 24.9 Å². The highest BCUT2D eigenvalue weighted by molar-refractivity contribution is 6.33. The van der Waals surface area contributed by atoms with Gasteiger partial charge in [-0.1, -0.05) is 83.9 Å². The largest absolute Gasteiger partial charge is 0.497 e. The van der Waals surface area contributed by atoms with Crippen molar-refractivity contribution in [2.75, 3.05) is 19.1 Å². The summed E-state index contributed by atoms with van der Waals surface area (Å²) in [6, 6.07) is 23.4. The Hall–Kier alpha value is -4.68. The Kier molecular flexibility index (Phi) is 6.29. The molecule has 0 N–H and O–H groups in total. The van der Waals surface area contributed by atoms with Crippen LogP contribution >= 0.6 is 11.6 Å². The molecule has 1 saturated heterocycles. The van der Waals surface area contributed by atoms with E-state index in [1.54, 1.807) is 61.7 Å². The second-order valence-electron chi connectivity index (χ2n) is 11.2. The molecule has 214 valence electrons. The van der Waals surface area contributed by atoms with E-state index in [1.165, 1.54) is 7.11 Å². The zero-order valence-corrected chi connectivity index (χ0v) is 24.6. The zero-order valence-electron chi connectivity index (χ0n) is 23.8. The normalized spacial score (nSPS) is 21.0. The van der Waals surface area contributed by atoms with Gasteiger partial charge in [0.25, 0.3) is 0 Å². The first-order valence-electron chi connectivity index (χ1n) is 14.1. The van der Waals surface area contributed by atoms with Crippen LogP contribution in [0.3, 0.4) is 0 Å². The molecule has 0 saturated carbocycles. The van der Waals surface area contributed by atoms with E-state index < -0.39 is 23.4 Å². The monoisotopic (exact) mass is 589 g/mol. The third-order valence-electron chi connectivity index (χ3n) is 9.15. The van der Waals surface area contributed by atoms with E-state index >= 15 is 0 Å². The third-order valence-corrected chi connectivity index (χ3v) is 9.38. The van der Waals surface area contributed by atoms with Crippen molar-refractivity contribution in [1.82, 2.24) is 0 Å². The summed E-state index contributed by atoms with van der Waals surface area (Å²) in [7, 11) is 3.09. The van der Waals surface area contributed by atoms with Crippen molar-refractivity contribution in [3.8, 4) is 11.5 Å². The van der Waals surface area contributed by atoms with E-state index in [0.717, 1.165) is 16.8 Å². The minimum atomic E-state index is -1.63. The number of aryl methyl sites for hydroxylation is 1. The molecule has 0 unspecified atom stereocenters. The van der Waals surface area contributed by atoms with Crippen LogP contribution < -0.4 is 14.4 Å². The summed E-state index contributed by atoms with van der Waals surface area (Å²) < 4.78 is 11.3. The highest BCUT2D eigenvalue weighted by Crippen LogP contribution is 2.62. The van der Waals surface area contributed by atoms with E-state index in [2.05, 4.69) is 0 Å². The predicted molar refractivity (Wildman–Crippen MR) is 166 cm³/mol. The van der Waals surface area contributed by atoms with Crippen LogP contribution in [0, 0.1) is 12.3 Å². The summed E-state index contributed by atoms with van der Waals surface area (Å²) in [6.45, 7) is 1.96. The lowest BCUT2D eigenvalue weighted by atomic mass is 9.64. The lowest BCUT2D eigenvalue weighted by molar-refractivity contribution is 0.0665. The summed E-state index contributed by atoms with van der Waals surface area (Å²) in [5, 5.41) is 0.547. The molecule has 4 aromatic rings. The highest BCUT2D eigenvalue weighted by Gasteiger charge is 2.72. The Labute approximate surface area is 254 Å². The van der Waals surface area contributed by atoms with Crippen LogP contribution in [-0.4, -0.2) is 43.7 Å². The van der Waals surface area contributed by atoms with Crippen LogP contribution in [-0.2, 0) is 0 Å². The third kappa shape index (κ3) is 3.76. The number of ketones is 3. The van der Waals surface area contributed by atoms with Crippen molar-refractivity contribution in [2.24, 2.45) is 5.41 Å². The Morgan fingerprint density at radius 2 is 1.56 bits per heavy atom. The standard InChI is InChI=1S/C36H28ClNO5/c1-20-8-10-21(11-9-20)33(39)32-31(27-15-14-24(42-2)19-29(27)43-3)36(34(40)25-6-4-5-7-26(25)35(36)41)30-17-12-22-18-23(37)13-16-28(22)38(30)32/h4-19,30-32H,1-3H3/t30-,31+,32-/m1/s1. The molecule has 1 spiro atoms. The maximum absolute atomic E-state index is 14.8. The number of rotatable bonds is 5. The van der Waals surface area contributed by atoms with Gasteiger partial charge in [-0.2, -0.15) is 0 Å². The summed E-state index contributed by atoms with van der Waals surface area (Å²) in [5.41, 5.74) is 2.72. The van der Waals surface area contributed by atoms with Gasteiger partial charge in [0, 0.05) is 44.9 Å². The maximum atomic E-state index is 14.8. The molecule has 3 atom stereocenters. The number of benzene rings is 4. The quantitative estimate of drug-likeness (QED) is 0.185. The molecule has 1 fully saturated rings. The van der Waals surface area contributed by atoms with Crippen LogP contribution in [0.2, 0.25) is 5.02 Å². The summed E-state index contributed by atoms with van der Waals surface area (Å²) in [4.78, 5) is 46.5. The molecule has 0 amide bonds. The molecule has 1 aliphatic carbocycles. The molecule has 3 aliphatic rings. The SMILES string of the molecule is COc1ccc([C@H]2[C@H](C(=O)c3ccc(C)cc3)N3c4ccc(Cl)cc4C=C[C@@H]3C23C(=O)c2ccccc2C3=O)c(OC)c1. The molecule has 7 rings (SSSR count). The smallest absolute Gasteiger partial charge is 0.185 e. The first-order valence-corrected chi connectivity index (χ1v) is 14.5. The number of carbonyl (C=O) groups is 3. The Bertz CT molecular complexity index is 1830. The Morgan fingerprint density at radius 3 is 2.21 bits per heavy atom. The van der Waals surface area contributed by atoms with Gasteiger partial charge in [-0.3, -0.25) is 14.4 Å². The van der Waals surface area contributed by atoms with Crippen molar-refractivity contribution in [1.29, 1.82) is 0 Å². The van der Waals surface area contributed by atoms with Crippen molar-refractivity contribution in [3.05, 3.63) is 129 Å². The van der Waals surface area contributed by atoms with Crippen LogP contribution in [0.25, 0.3) is 6.08 Å². The highest BCUT2D eigenvalue weighted by atomic mass is 35.5. The number of hydrogen-bond donors (Lipinski definition) is 0. The van der Waals surface area contributed by atoms with E-state index in [4.69, 9.17) is 21.1 Å². The van der Waals surface area contributed by atoms with Gasteiger partial charge < -0.3 is 14.4 Å². The molecule has 2 aliphatic heterocycles. The van der Waals surface area contributed by atoms with Gasteiger partial charge >= 0.3 is 0 Å². The number of fused-ring (bicyclic) bond motifs is 5.